The Morgan fingerprint density at radius 2 is 2.11 bits per heavy atom. The molecule has 0 bridgehead atoms. The first-order chi connectivity index (χ1) is 8.81. The average Bonchev–Trinajstić information content (AvgIpc) is 2.62. The summed E-state index contributed by atoms with van der Waals surface area (Å²) in [4.78, 5) is 24.7. The minimum atomic E-state index is -0.899. The number of carbonyl (C=O) groups excluding carboxylic acids is 1. The molecule has 1 N–H and O–H groups in total. The predicted octanol–water partition coefficient (Wildman–Crippen LogP) is 1.30. The third kappa shape index (κ3) is 4.39. The van der Waals surface area contributed by atoms with E-state index in [2.05, 4.69) is 5.10 Å². The Morgan fingerprint density at radius 1 is 1.47 bits per heavy atom. The Morgan fingerprint density at radius 3 is 2.53 bits per heavy atom. The summed E-state index contributed by atoms with van der Waals surface area (Å²) in [6, 6.07) is 0. The van der Waals surface area contributed by atoms with Gasteiger partial charge in [0, 0.05) is 26.3 Å². The molecule has 0 spiro atoms. The highest BCUT2D eigenvalue weighted by Crippen LogP contribution is 2.11. The van der Waals surface area contributed by atoms with Crippen LogP contribution in [-0.4, -0.2) is 44.8 Å². The van der Waals surface area contributed by atoms with Gasteiger partial charge in [0.2, 0.25) is 0 Å². The van der Waals surface area contributed by atoms with Crippen molar-refractivity contribution in [2.45, 2.75) is 27.2 Å². The van der Waals surface area contributed by atoms with Crippen molar-refractivity contribution in [3.63, 3.8) is 0 Å². The third-order valence-electron chi connectivity index (χ3n) is 2.71. The number of nitrogens with zero attached hydrogens (tertiary/aromatic N) is 3. The molecule has 0 saturated carbocycles. The second-order valence-corrected chi connectivity index (χ2v) is 5.09. The Bertz CT molecular complexity index is 466. The van der Waals surface area contributed by atoms with Crippen LogP contribution in [-0.2, 0) is 11.8 Å². The quantitative estimate of drug-likeness (QED) is 0.843. The van der Waals surface area contributed by atoms with Crippen LogP contribution < -0.4 is 0 Å². The Kier molecular flexibility index (Phi) is 5.09. The molecular weight excluding hydrogens is 246 g/mol. The molecule has 0 fully saturated rings. The van der Waals surface area contributed by atoms with Crippen LogP contribution in [0.4, 0.5) is 0 Å². The van der Waals surface area contributed by atoms with Crippen LogP contribution in [0.15, 0.2) is 6.20 Å². The van der Waals surface area contributed by atoms with Crippen molar-refractivity contribution in [1.29, 1.82) is 0 Å². The van der Waals surface area contributed by atoms with Crippen LogP contribution in [0.1, 0.15) is 36.3 Å². The Labute approximate surface area is 113 Å². The first-order valence-electron chi connectivity index (χ1n) is 6.32. The van der Waals surface area contributed by atoms with Gasteiger partial charge < -0.3 is 10.0 Å². The maximum atomic E-state index is 12.4. The number of carboxylic acid groups (broad SMARTS) is 1. The average molecular weight is 267 g/mol. The highest BCUT2D eigenvalue weighted by molar-refractivity contribution is 5.95. The van der Waals surface area contributed by atoms with E-state index in [9.17, 15) is 9.59 Å². The Balaban J connectivity index is 2.86. The lowest BCUT2D eigenvalue weighted by Gasteiger charge is -2.23. The van der Waals surface area contributed by atoms with E-state index in [1.807, 2.05) is 13.8 Å². The van der Waals surface area contributed by atoms with Gasteiger partial charge in [-0.15, -0.1) is 0 Å². The minimum Gasteiger partial charge on any atom is -0.481 e. The highest BCUT2D eigenvalue weighted by atomic mass is 16.4. The molecule has 0 radical (unpaired) electrons. The molecule has 0 atom stereocenters. The minimum absolute atomic E-state index is 0.0439. The molecule has 0 aliphatic carbocycles. The molecule has 1 heterocycles. The zero-order valence-electron chi connectivity index (χ0n) is 11.9. The number of amides is 1. The highest BCUT2D eigenvalue weighted by Gasteiger charge is 2.21. The summed E-state index contributed by atoms with van der Waals surface area (Å²) < 4.78 is 1.59. The summed E-state index contributed by atoms with van der Waals surface area (Å²) in [5.74, 6) is -0.764. The number of carbonyl (C=O) groups is 2. The van der Waals surface area contributed by atoms with E-state index in [-0.39, 0.29) is 24.8 Å². The van der Waals surface area contributed by atoms with E-state index in [4.69, 9.17) is 5.11 Å². The van der Waals surface area contributed by atoms with Gasteiger partial charge in [-0.05, 0) is 12.8 Å². The lowest BCUT2D eigenvalue weighted by atomic mass is 10.1. The van der Waals surface area contributed by atoms with E-state index in [1.165, 1.54) is 0 Å². The van der Waals surface area contributed by atoms with Gasteiger partial charge in [-0.1, -0.05) is 13.8 Å². The largest absolute Gasteiger partial charge is 0.481 e. The van der Waals surface area contributed by atoms with Gasteiger partial charge in [-0.3, -0.25) is 14.3 Å². The van der Waals surface area contributed by atoms with E-state index < -0.39 is 5.97 Å². The van der Waals surface area contributed by atoms with Crippen LogP contribution in [0, 0.1) is 12.8 Å². The molecule has 0 aliphatic heterocycles. The molecule has 0 aromatic carbocycles. The molecule has 0 aliphatic rings. The van der Waals surface area contributed by atoms with Crippen LogP contribution in [0.3, 0.4) is 0 Å². The van der Waals surface area contributed by atoms with Gasteiger partial charge in [-0.2, -0.15) is 5.10 Å². The van der Waals surface area contributed by atoms with E-state index in [1.54, 1.807) is 29.7 Å². The van der Waals surface area contributed by atoms with Crippen molar-refractivity contribution in [1.82, 2.24) is 14.7 Å². The summed E-state index contributed by atoms with van der Waals surface area (Å²) >= 11 is 0. The first kappa shape index (κ1) is 15.2. The summed E-state index contributed by atoms with van der Waals surface area (Å²) in [5, 5.41) is 12.9. The number of rotatable bonds is 6. The Hall–Kier alpha value is -1.85. The lowest BCUT2D eigenvalue weighted by Crippen LogP contribution is -2.36. The third-order valence-corrected chi connectivity index (χ3v) is 2.71. The maximum Gasteiger partial charge on any atom is 0.305 e. The summed E-state index contributed by atoms with van der Waals surface area (Å²) in [5.41, 5.74) is 1.20. The molecule has 0 saturated heterocycles. The molecule has 19 heavy (non-hydrogen) atoms. The summed E-state index contributed by atoms with van der Waals surface area (Å²) in [6.07, 6.45) is 1.63. The molecule has 1 rings (SSSR count). The van der Waals surface area contributed by atoms with Crippen molar-refractivity contribution >= 4 is 11.9 Å². The summed E-state index contributed by atoms with van der Waals surface area (Å²) in [7, 11) is 1.76. The molecule has 106 valence electrons. The fourth-order valence-corrected chi connectivity index (χ4v) is 1.93. The lowest BCUT2D eigenvalue weighted by molar-refractivity contribution is -0.137. The van der Waals surface area contributed by atoms with Gasteiger partial charge in [0.1, 0.15) is 0 Å². The molecule has 0 unspecified atom stereocenters. The monoisotopic (exact) mass is 267 g/mol. The van der Waals surface area contributed by atoms with Crippen LogP contribution in [0.25, 0.3) is 0 Å². The zero-order chi connectivity index (χ0) is 14.6. The van der Waals surface area contributed by atoms with Crippen molar-refractivity contribution in [2.75, 3.05) is 13.1 Å². The normalized spacial score (nSPS) is 10.8. The van der Waals surface area contributed by atoms with Crippen molar-refractivity contribution in [3.8, 4) is 0 Å². The zero-order valence-corrected chi connectivity index (χ0v) is 11.9. The standard InChI is InChI=1S/C13H21N3O3/c1-9(2)7-16(6-5-12(17)18)13(19)11-8-15(4)14-10(11)3/h8-9H,5-7H2,1-4H3,(H,17,18). The van der Waals surface area contributed by atoms with E-state index >= 15 is 0 Å². The smallest absolute Gasteiger partial charge is 0.305 e. The molecule has 6 heteroatoms. The van der Waals surface area contributed by atoms with Gasteiger partial charge in [0.05, 0.1) is 17.7 Å². The molecular formula is C13H21N3O3. The van der Waals surface area contributed by atoms with E-state index in [0.29, 0.717) is 17.8 Å². The number of hydrogen-bond acceptors (Lipinski definition) is 3. The van der Waals surface area contributed by atoms with Crippen LogP contribution in [0.2, 0.25) is 0 Å². The molecule has 1 aromatic rings. The predicted molar refractivity (Wildman–Crippen MR) is 70.9 cm³/mol. The van der Waals surface area contributed by atoms with Crippen molar-refractivity contribution in [2.24, 2.45) is 13.0 Å². The fraction of sp³-hybridized carbons (Fsp3) is 0.615. The van der Waals surface area contributed by atoms with Crippen molar-refractivity contribution in [3.05, 3.63) is 17.5 Å². The van der Waals surface area contributed by atoms with E-state index in [0.717, 1.165) is 0 Å². The molecule has 6 nitrogen and oxygen atoms in total. The van der Waals surface area contributed by atoms with Crippen LogP contribution >= 0.6 is 0 Å². The molecule has 1 amide bonds. The maximum absolute atomic E-state index is 12.4. The molecule has 1 aromatic heterocycles. The SMILES string of the molecule is Cc1nn(C)cc1C(=O)N(CCC(=O)O)CC(C)C. The number of aromatic nitrogens is 2. The van der Waals surface area contributed by atoms with Crippen molar-refractivity contribution < 1.29 is 14.7 Å². The summed E-state index contributed by atoms with van der Waals surface area (Å²) in [6.45, 7) is 6.54. The second-order valence-electron chi connectivity index (χ2n) is 5.09. The number of aryl methyl sites for hydroxylation is 2. The number of carboxylic acids is 1. The van der Waals surface area contributed by atoms with Gasteiger partial charge in [0.15, 0.2) is 0 Å². The van der Waals surface area contributed by atoms with Gasteiger partial charge in [0.25, 0.3) is 5.91 Å². The topological polar surface area (TPSA) is 75.4 Å². The number of hydrogen-bond donors (Lipinski definition) is 1. The first-order valence-corrected chi connectivity index (χ1v) is 6.32. The fourth-order valence-electron chi connectivity index (χ4n) is 1.93. The van der Waals surface area contributed by atoms with Gasteiger partial charge in [-0.25, -0.2) is 0 Å². The van der Waals surface area contributed by atoms with Gasteiger partial charge >= 0.3 is 5.97 Å². The number of aliphatic carboxylic acids is 1. The van der Waals surface area contributed by atoms with Crippen LogP contribution in [0.5, 0.6) is 0 Å². The second kappa shape index (κ2) is 6.36.